The van der Waals surface area contributed by atoms with Crippen LogP contribution in [0.15, 0.2) is 12.7 Å². The fraction of sp³-hybridized carbons (Fsp3) is 0.714. The van der Waals surface area contributed by atoms with Gasteiger partial charge in [-0.1, -0.05) is 6.08 Å². The molecule has 0 radical (unpaired) electrons. The minimum absolute atomic E-state index is 0.408. The molecule has 0 atom stereocenters. The van der Waals surface area contributed by atoms with E-state index in [0.29, 0.717) is 0 Å². The zero-order chi connectivity index (χ0) is 11.4. The summed E-state index contributed by atoms with van der Waals surface area (Å²) in [4.78, 5) is 0. The van der Waals surface area contributed by atoms with Crippen LogP contribution in [-0.4, -0.2) is 31.5 Å². The Morgan fingerprint density at radius 3 is 2.07 bits per heavy atom. The van der Waals surface area contributed by atoms with Gasteiger partial charge < -0.3 is 4.74 Å². The van der Waals surface area contributed by atoms with Crippen LogP contribution in [0.25, 0.3) is 0 Å². The van der Waals surface area contributed by atoms with Crippen LogP contribution in [0.5, 0.6) is 0 Å². The fourth-order valence-electron chi connectivity index (χ4n) is 0.526. The average molecular weight is 222 g/mol. The number of alkyl halides is 6. The van der Waals surface area contributed by atoms with Gasteiger partial charge in [0.15, 0.2) is 0 Å². The minimum Gasteiger partial charge on any atom is -0.371 e. The standard InChI is InChI=1S/C7H8F6O/c1-2-3-14-4-6(10,11)7(12,13)5(8)9/h2,5H,1,3-4H2. The third kappa shape index (κ3) is 2.90. The third-order valence-electron chi connectivity index (χ3n) is 1.28. The molecular formula is C7H8F6O. The maximum absolute atomic E-state index is 12.4. The zero-order valence-electron chi connectivity index (χ0n) is 6.95. The van der Waals surface area contributed by atoms with Crippen molar-refractivity contribution in [3.05, 3.63) is 12.7 Å². The topological polar surface area (TPSA) is 9.23 Å². The molecule has 0 aliphatic carbocycles. The molecule has 0 aliphatic heterocycles. The van der Waals surface area contributed by atoms with Gasteiger partial charge >= 0.3 is 18.3 Å². The number of halogens is 6. The number of ether oxygens (including phenoxy) is 1. The molecule has 0 amide bonds. The second-order valence-electron chi connectivity index (χ2n) is 2.43. The summed E-state index contributed by atoms with van der Waals surface area (Å²) in [6, 6.07) is 0. The van der Waals surface area contributed by atoms with Gasteiger partial charge in [-0.2, -0.15) is 17.6 Å². The van der Waals surface area contributed by atoms with E-state index in [4.69, 9.17) is 0 Å². The van der Waals surface area contributed by atoms with E-state index in [0.717, 1.165) is 6.08 Å². The summed E-state index contributed by atoms with van der Waals surface area (Å²) in [5.41, 5.74) is 0. The Hall–Kier alpha value is -0.720. The van der Waals surface area contributed by atoms with Gasteiger partial charge in [0.2, 0.25) is 0 Å². The summed E-state index contributed by atoms with van der Waals surface area (Å²) in [5, 5.41) is 0. The molecule has 0 fully saturated rings. The molecule has 1 nitrogen and oxygen atoms in total. The minimum atomic E-state index is -5.38. The average Bonchev–Trinajstić information content (AvgIpc) is 2.04. The summed E-state index contributed by atoms with van der Waals surface area (Å²) in [6.45, 7) is 0.897. The van der Waals surface area contributed by atoms with Gasteiger partial charge in [0, 0.05) is 0 Å². The second-order valence-corrected chi connectivity index (χ2v) is 2.43. The van der Waals surface area contributed by atoms with Crippen molar-refractivity contribution in [3.8, 4) is 0 Å². The highest BCUT2D eigenvalue weighted by molar-refractivity contribution is 4.87. The van der Waals surface area contributed by atoms with Gasteiger partial charge in [-0.25, -0.2) is 8.78 Å². The summed E-state index contributed by atoms with van der Waals surface area (Å²) >= 11 is 0. The highest BCUT2D eigenvalue weighted by Crippen LogP contribution is 2.39. The van der Waals surface area contributed by atoms with Crippen LogP contribution >= 0.6 is 0 Å². The van der Waals surface area contributed by atoms with E-state index in [1.807, 2.05) is 0 Å². The zero-order valence-corrected chi connectivity index (χ0v) is 6.95. The van der Waals surface area contributed by atoms with E-state index in [1.54, 1.807) is 0 Å². The Kier molecular flexibility index (Phi) is 4.44. The van der Waals surface area contributed by atoms with Gasteiger partial charge in [-0.05, 0) is 0 Å². The molecule has 0 aliphatic rings. The Labute approximate surface area is 76.3 Å². The first-order valence-corrected chi connectivity index (χ1v) is 3.48. The number of rotatable bonds is 6. The molecule has 0 aromatic heterocycles. The van der Waals surface area contributed by atoms with Crippen LogP contribution in [0.2, 0.25) is 0 Å². The van der Waals surface area contributed by atoms with Crippen LogP contribution in [-0.2, 0) is 4.74 Å². The Balaban J connectivity index is 4.35. The molecule has 0 aromatic carbocycles. The van der Waals surface area contributed by atoms with Crippen molar-refractivity contribution in [2.24, 2.45) is 0 Å². The molecule has 84 valence electrons. The van der Waals surface area contributed by atoms with E-state index in [9.17, 15) is 26.3 Å². The van der Waals surface area contributed by atoms with Crippen molar-refractivity contribution in [1.29, 1.82) is 0 Å². The van der Waals surface area contributed by atoms with Gasteiger partial charge in [0.25, 0.3) is 0 Å². The van der Waals surface area contributed by atoms with Crippen molar-refractivity contribution < 1.29 is 31.1 Å². The lowest BCUT2D eigenvalue weighted by Crippen LogP contribution is -2.49. The van der Waals surface area contributed by atoms with Crippen LogP contribution in [0, 0.1) is 0 Å². The summed E-state index contributed by atoms with van der Waals surface area (Å²) in [7, 11) is 0. The van der Waals surface area contributed by atoms with E-state index >= 15 is 0 Å². The van der Waals surface area contributed by atoms with Crippen molar-refractivity contribution in [2.75, 3.05) is 13.2 Å². The maximum atomic E-state index is 12.4. The molecule has 0 heterocycles. The maximum Gasteiger partial charge on any atom is 0.371 e. The highest BCUT2D eigenvalue weighted by Gasteiger charge is 2.62. The van der Waals surface area contributed by atoms with Crippen molar-refractivity contribution in [3.63, 3.8) is 0 Å². The molecule has 0 spiro atoms. The van der Waals surface area contributed by atoms with Crippen molar-refractivity contribution in [1.82, 2.24) is 0 Å². The quantitative estimate of drug-likeness (QED) is 0.381. The van der Waals surface area contributed by atoms with E-state index in [2.05, 4.69) is 11.3 Å². The van der Waals surface area contributed by atoms with Gasteiger partial charge in [0.1, 0.15) is 6.61 Å². The van der Waals surface area contributed by atoms with Gasteiger partial charge in [-0.15, -0.1) is 6.58 Å². The first kappa shape index (κ1) is 13.3. The Morgan fingerprint density at radius 2 is 1.71 bits per heavy atom. The van der Waals surface area contributed by atoms with Crippen molar-refractivity contribution >= 4 is 0 Å². The smallest absolute Gasteiger partial charge is 0.371 e. The first-order valence-electron chi connectivity index (χ1n) is 3.48. The van der Waals surface area contributed by atoms with Crippen LogP contribution < -0.4 is 0 Å². The second kappa shape index (κ2) is 4.68. The van der Waals surface area contributed by atoms with Crippen LogP contribution in [0.1, 0.15) is 0 Å². The molecule has 0 saturated carbocycles. The predicted molar refractivity (Wildman–Crippen MR) is 36.9 cm³/mol. The SMILES string of the molecule is C=CCOCC(F)(F)C(F)(F)C(F)F. The molecular weight excluding hydrogens is 214 g/mol. The Bertz CT molecular complexity index is 191. The number of hydrogen-bond donors (Lipinski definition) is 0. The lowest BCUT2D eigenvalue weighted by molar-refractivity contribution is -0.278. The Morgan fingerprint density at radius 1 is 1.21 bits per heavy atom. The monoisotopic (exact) mass is 222 g/mol. The third-order valence-corrected chi connectivity index (χ3v) is 1.28. The lowest BCUT2D eigenvalue weighted by Gasteiger charge is -2.25. The lowest BCUT2D eigenvalue weighted by atomic mass is 10.2. The van der Waals surface area contributed by atoms with Crippen LogP contribution in [0.4, 0.5) is 26.3 Å². The summed E-state index contributed by atoms with van der Waals surface area (Å²) < 4.78 is 76.1. The van der Waals surface area contributed by atoms with E-state index < -0.39 is 31.5 Å². The molecule has 0 saturated heterocycles. The van der Waals surface area contributed by atoms with E-state index in [1.165, 1.54) is 0 Å². The number of hydrogen-bond acceptors (Lipinski definition) is 1. The molecule has 7 heteroatoms. The fourth-order valence-corrected chi connectivity index (χ4v) is 0.526. The van der Waals surface area contributed by atoms with Gasteiger partial charge in [0.05, 0.1) is 6.61 Å². The van der Waals surface area contributed by atoms with E-state index in [-0.39, 0.29) is 0 Å². The molecule has 0 rings (SSSR count). The molecule has 0 bridgehead atoms. The molecule has 0 aromatic rings. The predicted octanol–water partition coefficient (Wildman–Crippen LogP) is 2.72. The van der Waals surface area contributed by atoms with Crippen molar-refractivity contribution in [2.45, 2.75) is 18.3 Å². The molecule has 0 unspecified atom stereocenters. The van der Waals surface area contributed by atoms with Gasteiger partial charge in [-0.3, -0.25) is 0 Å². The highest BCUT2D eigenvalue weighted by atomic mass is 19.3. The normalized spacial score (nSPS) is 13.4. The summed E-state index contributed by atoms with van der Waals surface area (Å²) in [5.74, 6) is -10.3. The molecule has 14 heavy (non-hydrogen) atoms. The van der Waals surface area contributed by atoms with Crippen LogP contribution in [0.3, 0.4) is 0 Å². The largest absolute Gasteiger partial charge is 0.371 e. The summed E-state index contributed by atoms with van der Waals surface area (Å²) in [6.07, 6.45) is -3.39. The first-order chi connectivity index (χ1) is 6.25. The molecule has 0 N–H and O–H groups in total.